The van der Waals surface area contributed by atoms with Crippen LogP contribution >= 0.6 is 0 Å². The molecule has 1 aromatic rings. The zero-order valence-corrected chi connectivity index (χ0v) is 7.21. The van der Waals surface area contributed by atoms with Crippen LogP contribution in [0.2, 0.25) is 0 Å². The Kier molecular flexibility index (Phi) is 3.00. The molecular weight excluding hydrogens is 150 g/mol. The standard InChI is InChI=1S/C10H13NO/c1-8(12)5-9-3-2-4-10(6-9)7-11/h2-4,6H,5,7,11H2,1H3. The molecule has 0 unspecified atom stereocenters. The number of benzene rings is 1. The van der Waals surface area contributed by atoms with Gasteiger partial charge in [0, 0.05) is 13.0 Å². The molecule has 64 valence electrons. The molecular formula is C10H13NO. The summed E-state index contributed by atoms with van der Waals surface area (Å²) < 4.78 is 0. The summed E-state index contributed by atoms with van der Waals surface area (Å²) in [5, 5.41) is 0. The van der Waals surface area contributed by atoms with Gasteiger partial charge in [0.2, 0.25) is 0 Å². The topological polar surface area (TPSA) is 43.1 Å². The maximum Gasteiger partial charge on any atom is 0.134 e. The molecule has 0 aliphatic rings. The van der Waals surface area contributed by atoms with Crippen molar-refractivity contribution < 1.29 is 4.79 Å². The Balaban J connectivity index is 2.79. The van der Waals surface area contributed by atoms with Gasteiger partial charge in [-0.15, -0.1) is 0 Å². The molecule has 2 heteroatoms. The Morgan fingerprint density at radius 3 is 2.67 bits per heavy atom. The highest BCUT2D eigenvalue weighted by Crippen LogP contribution is 2.05. The lowest BCUT2D eigenvalue weighted by atomic mass is 10.1. The minimum absolute atomic E-state index is 0.184. The Labute approximate surface area is 72.4 Å². The van der Waals surface area contributed by atoms with Gasteiger partial charge in [-0.1, -0.05) is 24.3 Å². The zero-order valence-electron chi connectivity index (χ0n) is 7.21. The molecule has 0 aliphatic heterocycles. The van der Waals surface area contributed by atoms with Crippen molar-refractivity contribution in [2.45, 2.75) is 19.9 Å². The predicted molar refractivity (Wildman–Crippen MR) is 48.7 cm³/mol. The van der Waals surface area contributed by atoms with E-state index >= 15 is 0 Å². The highest BCUT2D eigenvalue weighted by Gasteiger charge is 1.97. The van der Waals surface area contributed by atoms with Crippen molar-refractivity contribution in [3.8, 4) is 0 Å². The molecule has 0 spiro atoms. The van der Waals surface area contributed by atoms with Crippen LogP contribution in [0.4, 0.5) is 0 Å². The van der Waals surface area contributed by atoms with Crippen molar-refractivity contribution in [2.75, 3.05) is 0 Å². The third-order valence-corrected chi connectivity index (χ3v) is 1.68. The third kappa shape index (κ3) is 2.47. The first-order valence-electron chi connectivity index (χ1n) is 3.99. The average molecular weight is 163 g/mol. The van der Waals surface area contributed by atoms with E-state index in [4.69, 9.17) is 5.73 Å². The van der Waals surface area contributed by atoms with Gasteiger partial charge in [-0.2, -0.15) is 0 Å². The van der Waals surface area contributed by atoms with E-state index in [-0.39, 0.29) is 5.78 Å². The van der Waals surface area contributed by atoms with Gasteiger partial charge < -0.3 is 5.73 Å². The highest BCUT2D eigenvalue weighted by atomic mass is 16.1. The van der Waals surface area contributed by atoms with Crippen LogP contribution < -0.4 is 5.73 Å². The van der Waals surface area contributed by atoms with Gasteiger partial charge in [-0.25, -0.2) is 0 Å². The lowest BCUT2D eigenvalue weighted by Gasteiger charge is -2.00. The maximum atomic E-state index is 10.8. The van der Waals surface area contributed by atoms with Gasteiger partial charge in [-0.3, -0.25) is 4.79 Å². The van der Waals surface area contributed by atoms with E-state index in [9.17, 15) is 4.79 Å². The van der Waals surface area contributed by atoms with Crippen molar-refractivity contribution in [1.29, 1.82) is 0 Å². The molecule has 1 rings (SSSR count). The predicted octanol–water partition coefficient (Wildman–Crippen LogP) is 1.28. The summed E-state index contributed by atoms with van der Waals surface area (Å²) in [6.45, 7) is 2.13. The fraction of sp³-hybridized carbons (Fsp3) is 0.300. The van der Waals surface area contributed by atoms with Gasteiger partial charge in [0.15, 0.2) is 0 Å². The van der Waals surface area contributed by atoms with Crippen molar-refractivity contribution in [2.24, 2.45) is 5.73 Å². The van der Waals surface area contributed by atoms with Crippen LogP contribution in [-0.2, 0) is 17.8 Å². The van der Waals surface area contributed by atoms with Crippen molar-refractivity contribution in [1.82, 2.24) is 0 Å². The van der Waals surface area contributed by atoms with Gasteiger partial charge in [-0.05, 0) is 18.1 Å². The molecule has 0 radical (unpaired) electrons. The second kappa shape index (κ2) is 4.02. The lowest BCUT2D eigenvalue weighted by Crippen LogP contribution is -2.00. The minimum Gasteiger partial charge on any atom is -0.326 e. The summed E-state index contributed by atoms with van der Waals surface area (Å²) in [6, 6.07) is 7.81. The fourth-order valence-corrected chi connectivity index (χ4v) is 1.15. The zero-order chi connectivity index (χ0) is 8.97. The number of nitrogens with two attached hydrogens (primary N) is 1. The molecule has 1 aromatic carbocycles. The summed E-state index contributed by atoms with van der Waals surface area (Å²) >= 11 is 0. The van der Waals surface area contributed by atoms with Crippen LogP contribution in [0.25, 0.3) is 0 Å². The van der Waals surface area contributed by atoms with E-state index in [1.807, 2.05) is 24.3 Å². The monoisotopic (exact) mass is 163 g/mol. The lowest BCUT2D eigenvalue weighted by molar-refractivity contribution is -0.116. The maximum absolute atomic E-state index is 10.8. The van der Waals surface area contributed by atoms with E-state index in [2.05, 4.69) is 0 Å². The molecule has 0 heterocycles. The summed E-state index contributed by atoms with van der Waals surface area (Å²) in [6.07, 6.45) is 0.508. The molecule has 0 saturated carbocycles. The van der Waals surface area contributed by atoms with E-state index in [0.717, 1.165) is 11.1 Å². The Bertz CT molecular complexity index is 281. The molecule has 0 fully saturated rings. The first kappa shape index (κ1) is 8.94. The van der Waals surface area contributed by atoms with E-state index in [0.29, 0.717) is 13.0 Å². The quantitative estimate of drug-likeness (QED) is 0.729. The molecule has 0 saturated heterocycles. The van der Waals surface area contributed by atoms with Crippen LogP contribution in [0.5, 0.6) is 0 Å². The number of hydrogen-bond acceptors (Lipinski definition) is 2. The Hall–Kier alpha value is -1.15. The second-order valence-electron chi connectivity index (χ2n) is 2.90. The molecule has 2 N–H and O–H groups in total. The van der Waals surface area contributed by atoms with Gasteiger partial charge >= 0.3 is 0 Å². The molecule has 2 nitrogen and oxygen atoms in total. The Morgan fingerprint density at radius 2 is 2.08 bits per heavy atom. The highest BCUT2D eigenvalue weighted by molar-refractivity contribution is 5.78. The SMILES string of the molecule is CC(=O)Cc1cccc(CN)c1. The van der Waals surface area contributed by atoms with E-state index < -0.39 is 0 Å². The van der Waals surface area contributed by atoms with Crippen LogP contribution in [-0.4, -0.2) is 5.78 Å². The van der Waals surface area contributed by atoms with Crippen molar-refractivity contribution in [3.05, 3.63) is 35.4 Å². The number of ketones is 1. The molecule has 0 bridgehead atoms. The van der Waals surface area contributed by atoms with E-state index in [1.165, 1.54) is 0 Å². The number of carbonyl (C=O) groups is 1. The summed E-state index contributed by atoms with van der Waals surface area (Å²) in [7, 11) is 0. The van der Waals surface area contributed by atoms with Gasteiger partial charge in [0.1, 0.15) is 5.78 Å². The molecule has 0 aromatic heterocycles. The van der Waals surface area contributed by atoms with Crippen LogP contribution in [0.15, 0.2) is 24.3 Å². The Morgan fingerprint density at radius 1 is 1.42 bits per heavy atom. The minimum atomic E-state index is 0.184. The number of rotatable bonds is 3. The summed E-state index contributed by atoms with van der Waals surface area (Å²) in [5.41, 5.74) is 7.59. The molecule has 0 aliphatic carbocycles. The number of hydrogen-bond donors (Lipinski definition) is 1. The molecule has 12 heavy (non-hydrogen) atoms. The van der Waals surface area contributed by atoms with Gasteiger partial charge in [0.05, 0.1) is 0 Å². The second-order valence-corrected chi connectivity index (χ2v) is 2.90. The summed E-state index contributed by atoms with van der Waals surface area (Å²) in [5.74, 6) is 0.184. The van der Waals surface area contributed by atoms with Crippen molar-refractivity contribution >= 4 is 5.78 Å². The van der Waals surface area contributed by atoms with Gasteiger partial charge in [0.25, 0.3) is 0 Å². The number of Topliss-reactive ketones (excluding diaryl/α,β-unsaturated/α-hetero) is 1. The molecule has 0 atom stereocenters. The van der Waals surface area contributed by atoms with Crippen molar-refractivity contribution in [3.63, 3.8) is 0 Å². The molecule has 0 amide bonds. The smallest absolute Gasteiger partial charge is 0.134 e. The summed E-state index contributed by atoms with van der Waals surface area (Å²) in [4.78, 5) is 10.8. The van der Waals surface area contributed by atoms with Crippen LogP contribution in [0.1, 0.15) is 18.1 Å². The average Bonchev–Trinajstić information content (AvgIpc) is 2.03. The fourth-order valence-electron chi connectivity index (χ4n) is 1.15. The first-order chi connectivity index (χ1) is 5.72. The van der Waals surface area contributed by atoms with Crippen LogP contribution in [0, 0.1) is 0 Å². The van der Waals surface area contributed by atoms with Crippen LogP contribution in [0.3, 0.4) is 0 Å². The largest absolute Gasteiger partial charge is 0.326 e. The third-order valence-electron chi connectivity index (χ3n) is 1.68. The van der Waals surface area contributed by atoms with E-state index in [1.54, 1.807) is 6.92 Å². The number of carbonyl (C=O) groups excluding carboxylic acids is 1. The first-order valence-corrected chi connectivity index (χ1v) is 3.99. The normalized spacial score (nSPS) is 9.83.